The Kier molecular flexibility index (Phi) is 3.65. The molecule has 4 heteroatoms. The van der Waals surface area contributed by atoms with Crippen LogP contribution in [-0.2, 0) is 6.42 Å². The molecule has 0 amide bonds. The smallest absolute Gasteiger partial charge is 0.227 e. The number of oxazole rings is 1. The Morgan fingerprint density at radius 3 is 2.36 bits per heavy atom. The average molecular weight is 329 g/mol. The third kappa shape index (κ3) is 2.83. The standard InChI is InChI=1S/C21H19N3O/c1-13-17(22)11-16(12-18(13)23)21-24-19-9-5-8-15(20(19)25-21)10-14-6-3-2-4-7-14/h2-9,11-12H,10,22-23H2,1H3. The van der Waals surface area contributed by atoms with Gasteiger partial charge in [-0.3, -0.25) is 0 Å². The minimum Gasteiger partial charge on any atom is -0.436 e. The van der Waals surface area contributed by atoms with Gasteiger partial charge in [0.2, 0.25) is 5.89 Å². The van der Waals surface area contributed by atoms with Crippen LogP contribution >= 0.6 is 0 Å². The van der Waals surface area contributed by atoms with E-state index < -0.39 is 0 Å². The minimum atomic E-state index is 0.536. The number of aromatic nitrogens is 1. The zero-order chi connectivity index (χ0) is 17.4. The number of nitrogen functional groups attached to an aromatic ring is 2. The molecule has 0 fully saturated rings. The van der Waals surface area contributed by atoms with E-state index in [-0.39, 0.29) is 0 Å². The van der Waals surface area contributed by atoms with Gasteiger partial charge >= 0.3 is 0 Å². The van der Waals surface area contributed by atoms with E-state index >= 15 is 0 Å². The molecule has 25 heavy (non-hydrogen) atoms. The first-order valence-electron chi connectivity index (χ1n) is 8.20. The van der Waals surface area contributed by atoms with Crippen LogP contribution in [0.25, 0.3) is 22.6 Å². The lowest BCUT2D eigenvalue weighted by Gasteiger charge is -2.06. The van der Waals surface area contributed by atoms with Crippen molar-refractivity contribution >= 4 is 22.5 Å². The van der Waals surface area contributed by atoms with Crippen LogP contribution in [0.4, 0.5) is 11.4 Å². The Bertz CT molecular complexity index is 1030. The van der Waals surface area contributed by atoms with Gasteiger partial charge in [0.25, 0.3) is 0 Å². The molecule has 1 aromatic heterocycles. The van der Waals surface area contributed by atoms with Gasteiger partial charge in [0.1, 0.15) is 5.52 Å². The summed E-state index contributed by atoms with van der Waals surface area (Å²) in [6.07, 6.45) is 0.797. The Morgan fingerprint density at radius 2 is 1.64 bits per heavy atom. The van der Waals surface area contributed by atoms with Gasteiger partial charge in [0.05, 0.1) is 0 Å². The minimum absolute atomic E-state index is 0.536. The number of nitrogens with two attached hydrogens (primary N) is 2. The highest BCUT2D eigenvalue weighted by molar-refractivity contribution is 5.81. The summed E-state index contributed by atoms with van der Waals surface area (Å²) in [5, 5.41) is 0. The lowest BCUT2D eigenvalue weighted by Crippen LogP contribution is -1.96. The van der Waals surface area contributed by atoms with Crippen molar-refractivity contribution in [1.29, 1.82) is 0 Å². The van der Waals surface area contributed by atoms with Gasteiger partial charge in [-0.25, -0.2) is 4.98 Å². The van der Waals surface area contributed by atoms with Crippen molar-refractivity contribution in [2.45, 2.75) is 13.3 Å². The SMILES string of the molecule is Cc1c(N)cc(-c2nc3cccc(Cc4ccccc4)c3o2)cc1N. The van der Waals surface area contributed by atoms with Gasteiger partial charge in [0.15, 0.2) is 5.58 Å². The zero-order valence-corrected chi connectivity index (χ0v) is 14.0. The molecule has 0 saturated heterocycles. The molecule has 4 nitrogen and oxygen atoms in total. The summed E-state index contributed by atoms with van der Waals surface area (Å²) in [4.78, 5) is 4.62. The van der Waals surface area contributed by atoms with Gasteiger partial charge < -0.3 is 15.9 Å². The van der Waals surface area contributed by atoms with Crippen molar-refractivity contribution in [2.24, 2.45) is 0 Å². The summed E-state index contributed by atoms with van der Waals surface area (Å²) in [5.74, 6) is 0.536. The lowest BCUT2D eigenvalue weighted by molar-refractivity contribution is 0.616. The van der Waals surface area contributed by atoms with E-state index in [1.165, 1.54) is 5.56 Å². The molecule has 124 valence electrons. The third-order valence-corrected chi connectivity index (χ3v) is 4.47. The molecular formula is C21H19N3O. The van der Waals surface area contributed by atoms with E-state index in [0.29, 0.717) is 17.3 Å². The fraction of sp³-hybridized carbons (Fsp3) is 0.0952. The maximum atomic E-state index is 6.09. The fourth-order valence-corrected chi connectivity index (χ4v) is 2.97. The molecule has 0 bridgehead atoms. The van der Waals surface area contributed by atoms with Crippen molar-refractivity contribution in [1.82, 2.24) is 4.98 Å². The van der Waals surface area contributed by atoms with E-state index in [1.807, 2.05) is 49.4 Å². The van der Waals surface area contributed by atoms with Gasteiger partial charge in [-0.2, -0.15) is 0 Å². The quantitative estimate of drug-likeness (QED) is 0.540. The monoisotopic (exact) mass is 329 g/mol. The van der Waals surface area contributed by atoms with Gasteiger partial charge in [-0.15, -0.1) is 0 Å². The molecule has 0 spiro atoms. The second kappa shape index (κ2) is 5.98. The van der Waals surface area contributed by atoms with Crippen LogP contribution < -0.4 is 11.5 Å². The van der Waals surface area contributed by atoms with Gasteiger partial charge in [-0.05, 0) is 36.2 Å². The zero-order valence-electron chi connectivity index (χ0n) is 14.0. The Balaban J connectivity index is 1.79. The summed E-state index contributed by atoms with van der Waals surface area (Å²) >= 11 is 0. The van der Waals surface area contributed by atoms with Crippen molar-refractivity contribution in [3.05, 3.63) is 77.4 Å². The van der Waals surface area contributed by atoms with Crippen LogP contribution in [0.1, 0.15) is 16.7 Å². The van der Waals surface area contributed by atoms with Gasteiger partial charge in [0, 0.05) is 28.9 Å². The number of benzene rings is 3. The van der Waals surface area contributed by atoms with Crippen molar-refractivity contribution in [2.75, 3.05) is 11.5 Å². The largest absolute Gasteiger partial charge is 0.436 e. The van der Waals surface area contributed by atoms with E-state index in [1.54, 1.807) is 0 Å². The Hall–Kier alpha value is -3.27. The highest BCUT2D eigenvalue weighted by Crippen LogP contribution is 2.31. The molecule has 0 unspecified atom stereocenters. The summed E-state index contributed by atoms with van der Waals surface area (Å²) in [6.45, 7) is 1.90. The molecule has 4 aromatic rings. The van der Waals surface area contributed by atoms with E-state index in [2.05, 4.69) is 23.2 Å². The van der Waals surface area contributed by atoms with Crippen LogP contribution in [0, 0.1) is 6.92 Å². The topological polar surface area (TPSA) is 78.1 Å². The fourth-order valence-electron chi connectivity index (χ4n) is 2.97. The summed E-state index contributed by atoms with van der Waals surface area (Å²) < 4.78 is 6.09. The maximum absolute atomic E-state index is 6.09. The number of rotatable bonds is 3. The number of nitrogens with zero attached hydrogens (tertiary/aromatic N) is 1. The third-order valence-electron chi connectivity index (χ3n) is 4.47. The number of fused-ring (bicyclic) bond motifs is 1. The first-order valence-corrected chi connectivity index (χ1v) is 8.20. The molecule has 4 N–H and O–H groups in total. The first-order chi connectivity index (χ1) is 12.1. The Morgan fingerprint density at radius 1 is 0.920 bits per heavy atom. The van der Waals surface area contributed by atoms with E-state index in [4.69, 9.17) is 15.9 Å². The van der Waals surface area contributed by atoms with Crippen LogP contribution in [0.5, 0.6) is 0 Å². The highest BCUT2D eigenvalue weighted by Gasteiger charge is 2.13. The second-order valence-electron chi connectivity index (χ2n) is 6.23. The number of hydrogen-bond acceptors (Lipinski definition) is 4. The second-order valence-corrected chi connectivity index (χ2v) is 6.23. The summed E-state index contributed by atoms with van der Waals surface area (Å²) in [7, 11) is 0. The van der Waals surface area contributed by atoms with E-state index in [0.717, 1.165) is 34.2 Å². The van der Waals surface area contributed by atoms with Gasteiger partial charge in [-0.1, -0.05) is 42.5 Å². The molecule has 0 atom stereocenters. The molecular weight excluding hydrogens is 310 g/mol. The van der Waals surface area contributed by atoms with Crippen LogP contribution in [0.3, 0.4) is 0 Å². The number of para-hydroxylation sites is 1. The molecule has 3 aromatic carbocycles. The average Bonchev–Trinajstić information content (AvgIpc) is 3.05. The molecule has 0 saturated carbocycles. The van der Waals surface area contributed by atoms with Crippen molar-refractivity contribution in [3.63, 3.8) is 0 Å². The number of anilines is 2. The summed E-state index contributed by atoms with van der Waals surface area (Å²) in [5.41, 5.74) is 19.0. The molecule has 0 aliphatic carbocycles. The van der Waals surface area contributed by atoms with Crippen LogP contribution in [0.15, 0.2) is 65.1 Å². The normalized spacial score (nSPS) is 11.1. The van der Waals surface area contributed by atoms with Crippen LogP contribution in [0.2, 0.25) is 0 Å². The van der Waals surface area contributed by atoms with Crippen LogP contribution in [-0.4, -0.2) is 4.98 Å². The predicted octanol–water partition coefficient (Wildman–Crippen LogP) is 4.56. The maximum Gasteiger partial charge on any atom is 0.227 e. The van der Waals surface area contributed by atoms with Crippen molar-refractivity contribution < 1.29 is 4.42 Å². The highest BCUT2D eigenvalue weighted by atomic mass is 16.3. The number of hydrogen-bond donors (Lipinski definition) is 2. The Labute approximate surface area is 146 Å². The molecule has 0 radical (unpaired) electrons. The summed E-state index contributed by atoms with van der Waals surface area (Å²) in [6, 6.07) is 20.1. The molecule has 0 aliphatic rings. The molecule has 4 rings (SSSR count). The first kappa shape index (κ1) is 15.3. The lowest BCUT2D eigenvalue weighted by atomic mass is 10.0. The van der Waals surface area contributed by atoms with E-state index in [9.17, 15) is 0 Å². The molecule has 1 heterocycles. The van der Waals surface area contributed by atoms with Crippen molar-refractivity contribution in [3.8, 4) is 11.5 Å². The molecule has 0 aliphatic heterocycles. The predicted molar refractivity (Wildman–Crippen MR) is 102 cm³/mol.